The summed E-state index contributed by atoms with van der Waals surface area (Å²) in [5.74, 6) is 0.550. The van der Waals surface area contributed by atoms with Gasteiger partial charge < -0.3 is 11.1 Å². The fourth-order valence-corrected chi connectivity index (χ4v) is 1.81. The lowest BCUT2D eigenvalue weighted by Gasteiger charge is -2.22. The summed E-state index contributed by atoms with van der Waals surface area (Å²) in [4.78, 5) is 15.7. The van der Waals surface area contributed by atoms with Crippen LogP contribution in [0.2, 0.25) is 0 Å². The molecule has 3 N–H and O–H groups in total. The van der Waals surface area contributed by atoms with Gasteiger partial charge in [0, 0.05) is 19.5 Å². The molecule has 0 aromatic carbocycles. The lowest BCUT2D eigenvalue weighted by molar-refractivity contribution is -0.121. The highest BCUT2D eigenvalue weighted by Gasteiger charge is 2.18. The lowest BCUT2D eigenvalue weighted by Crippen LogP contribution is -2.34. The number of nitrogens with zero attached hydrogens (tertiary/aromatic N) is 3. The summed E-state index contributed by atoms with van der Waals surface area (Å²) >= 11 is 0. The van der Waals surface area contributed by atoms with Crippen LogP contribution in [0.25, 0.3) is 0 Å². The summed E-state index contributed by atoms with van der Waals surface area (Å²) < 4.78 is 1.60. The number of hydrogen-bond acceptors (Lipinski definition) is 4. The van der Waals surface area contributed by atoms with Crippen molar-refractivity contribution in [2.75, 3.05) is 0 Å². The molecule has 1 heterocycles. The molecule has 18 heavy (non-hydrogen) atoms. The zero-order valence-electron chi connectivity index (χ0n) is 11.6. The molecule has 6 heteroatoms. The molecular weight excluding hydrogens is 230 g/mol. The summed E-state index contributed by atoms with van der Waals surface area (Å²) in [6, 6.07) is -0.110. The molecule has 0 bridgehead atoms. The molecular formula is C12H23N5O. The van der Waals surface area contributed by atoms with Crippen molar-refractivity contribution in [1.29, 1.82) is 0 Å². The minimum atomic E-state index is -0.110. The van der Waals surface area contributed by atoms with Gasteiger partial charge in [0.25, 0.3) is 0 Å². The van der Waals surface area contributed by atoms with Gasteiger partial charge in [-0.1, -0.05) is 20.8 Å². The number of amides is 1. The fraction of sp³-hybridized carbons (Fsp3) is 0.750. The maximum absolute atomic E-state index is 11.7. The Balaban J connectivity index is 2.29. The third-order valence-electron chi connectivity index (χ3n) is 2.41. The van der Waals surface area contributed by atoms with Crippen LogP contribution in [0.1, 0.15) is 39.4 Å². The van der Waals surface area contributed by atoms with E-state index < -0.39 is 0 Å². The van der Waals surface area contributed by atoms with E-state index in [1.807, 2.05) is 0 Å². The first-order valence-corrected chi connectivity index (χ1v) is 6.13. The van der Waals surface area contributed by atoms with Crippen LogP contribution in [0.3, 0.4) is 0 Å². The van der Waals surface area contributed by atoms with Crippen LogP contribution in [0.4, 0.5) is 0 Å². The Labute approximate surface area is 108 Å². The summed E-state index contributed by atoms with van der Waals surface area (Å²) in [5.41, 5.74) is 6.08. The molecule has 0 fully saturated rings. The second-order valence-corrected chi connectivity index (χ2v) is 5.84. The average molecular weight is 253 g/mol. The van der Waals surface area contributed by atoms with Gasteiger partial charge in [0.05, 0.1) is 6.54 Å². The van der Waals surface area contributed by atoms with Crippen molar-refractivity contribution in [2.45, 2.75) is 46.2 Å². The number of nitrogens with one attached hydrogen (secondary N) is 1. The van der Waals surface area contributed by atoms with Gasteiger partial charge in [-0.25, -0.2) is 4.98 Å². The largest absolute Gasteiger partial charge is 0.349 e. The Morgan fingerprint density at radius 1 is 1.56 bits per heavy atom. The predicted molar refractivity (Wildman–Crippen MR) is 69.5 cm³/mol. The van der Waals surface area contributed by atoms with E-state index in [1.54, 1.807) is 18.1 Å². The van der Waals surface area contributed by atoms with Crippen molar-refractivity contribution in [3.63, 3.8) is 0 Å². The summed E-state index contributed by atoms with van der Waals surface area (Å²) in [6.07, 6.45) is 2.76. The lowest BCUT2D eigenvalue weighted by atomic mass is 9.87. The van der Waals surface area contributed by atoms with E-state index in [0.29, 0.717) is 18.8 Å². The van der Waals surface area contributed by atoms with Crippen LogP contribution in [0.15, 0.2) is 6.33 Å². The molecule has 0 radical (unpaired) electrons. The second kappa shape index (κ2) is 5.95. The Bertz CT molecular complexity index is 393. The Kier molecular flexibility index (Phi) is 4.84. The van der Waals surface area contributed by atoms with E-state index in [1.165, 1.54) is 0 Å². The van der Waals surface area contributed by atoms with E-state index in [2.05, 4.69) is 36.2 Å². The van der Waals surface area contributed by atoms with Gasteiger partial charge in [0.15, 0.2) is 5.82 Å². The third-order valence-corrected chi connectivity index (χ3v) is 2.41. The van der Waals surface area contributed by atoms with Crippen molar-refractivity contribution < 1.29 is 4.79 Å². The first-order valence-electron chi connectivity index (χ1n) is 6.13. The van der Waals surface area contributed by atoms with Gasteiger partial charge in [-0.05, 0) is 11.8 Å². The first kappa shape index (κ1) is 14.6. The van der Waals surface area contributed by atoms with Crippen LogP contribution in [-0.4, -0.2) is 26.7 Å². The summed E-state index contributed by atoms with van der Waals surface area (Å²) in [7, 11) is 1.79. The molecule has 1 unspecified atom stereocenters. The van der Waals surface area contributed by atoms with E-state index in [0.717, 1.165) is 6.42 Å². The van der Waals surface area contributed by atoms with Crippen molar-refractivity contribution in [3.8, 4) is 0 Å². The third kappa shape index (κ3) is 5.77. The normalized spacial score (nSPS) is 13.4. The average Bonchev–Trinajstić information content (AvgIpc) is 2.58. The number of hydrogen-bond donors (Lipinski definition) is 2. The fourth-order valence-electron chi connectivity index (χ4n) is 1.81. The van der Waals surface area contributed by atoms with Crippen LogP contribution in [-0.2, 0) is 18.4 Å². The zero-order valence-corrected chi connectivity index (χ0v) is 11.6. The summed E-state index contributed by atoms with van der Waals surface area (Å²) in [5, 5.41) is 6.85. The molecule has 1 amide bonds. The van der Waals surface area contributed by atoms with E-state index >= 15 is 0 Å². The smallest absolute Gasteiger partial charge is 0.221 e. The molecule has 1 rings (SSSR count). The topological polar surface area (TPSA) is 85.8 Å². The van der Waals surface area contributed by atoms with Gasteiger partial charge in [-0.15, -0.1) is 0 Å². The standard InChI is InChI=1S/C12H23N5O/c1-12(2,3)6-9(13)5-11(18)14-7-10-15-8-17(4)16-10/h8-9H,5-7,13H2,1-4H3,(H,14,18). The Morgan fingerprint density at radius 2 is 2.22 bits per heavy atom. The number of carbonyl (C=O) groups excluding carboxylic acids is 1. The Hall–Kier alpha value is -1.43. The molecule has 0 aliphatic heterocycles. The molecule has 102 valence electrons. The highest BCUT2D eigenvalue weighted by molar-refractivity contribution is 5.76. The molecule has 0 saturated heterocycles. The Morgan fingerprint density at radius 3 is 2.72 bits per heavy atom. The molecule has 0 spiro atoms. The zero-order chi connectivity index (χ0) is 13.8. The molecule has 6 nitrogen and oxygen atoms in total. The second-order valence-electron chi connectivity index (χ2n) is 5.84. The minimum Gasteiger partial charge on any atom is -0.349 e. The maximum Gasteiger partial charge on any atom is 0.221 e. The number of nitrogens with two attached hydrogens (primary N) is 1. The van der Waals surface area contributed by atoms with Crippen LogP contribution in [0.5, 0.6) is 0 Å². The van der Waals surface area contributed by atoms with Crippen molar-refractivity contribution >= 4 is 5.91 Å². The SMILES string of the molecule is Cn1cnc(CNC(=O)CC(N)CC(C)(C)C)n1. The maximum atomic E-state index is 11.7. The van der Waals surface area contributed by atoms with Crippen molar-refractivity contribution in [1.82, 2.24) is 20.1 Å². The van der Waals surface area contributed by atoms with Crippen LogP contribution >= 0.6 is 0 Å². The molecule has 1 aromatic rings. The monoisotopic (exact) mass is 253 g/mol. The van der Waals surface area contributed by atoms with Crippen LogP contribution < -0.4 is 11.1 Å². The minimum absolute atomic E-state index is 0.0563. The predicted octanol–water partition coefficient (Wildman–Crippen LogP) is 0.585. The number of aromatic nitrogens is 3. The number of aryl methyl sites for hydroxylation is 1. The number of rotatable bonds is 5. The van der Waals surface area contributed by atoms with E-state index in [4.69, 9.17) is 5.73 Å². The number of carbonyl (C=O) groups is 1. The van der Waals surface area contributed by atoms with Gasteiger partial charge in [0.2, 0.25) is 5.91 Å². The molecule has 0 saturated carbocycles. The quantitative estimate of drug-likeness (QED) is 0.804. The van der Waals surface area contributed by atoms with Gasteiger partial charge >= 0.3 is 0 Å². The van der Waals surface area contributed by atoms with Crippen LogP contribution in [0, 0.1) is 5.41 Å². The first-order chi connectivity index (χ1) is 8.26. The van der Waals surface area contributed by atoms with E-state index in [9.17, 15) is 4.79 Å². The molecule has 1 aromatic heterocycles. The molecule has 1 atom stereocenters. The van der Waals surface area contributed by atoms with Gasteiger partial charge in [-0.3, -0.25) is 9.48 Å². The van der Waals surface area contributed by atoms with Gasteiger partial charge in [-0.2, -0.15) is 5.10 Å². The molecule has 0 aliphatic carbocycles. The molecule has 0 aliphatic rings. The van der Waals surface area contributed by atoms with Crippen molar-refractivity contribution in [3.05, 3.63) is 12.2 Å². The van der Waals surface area contributed by atoms with Gasteiger partial charge in [0.1, 0.15) is 6.33 Å². The van der Waals surface area contributed by atoms with Crippen molar-refractivity contribution in [2.24, 2.45) is 18.2 Å². The summed E-state index contributed by atoms with van der Waals surface area (Å²) in [6.45, 7) is 6.69. The highest BCUT2D eigenvalue weighted by Crippen LogP contribution is 2.20. The van der Waals surface area contributed by atoms with E-state index in [-0.39, 0.29) is 17.4 Å². The highest BCUT2D eigenvalue weighted by atomic mass is 16.1.